The molecule has 4 heteroatoms. The van der Waals surface area contributed by atoms with Crippen LogP contribution in [0.4, 0.5) is 0 Å². The first-order valence-corrected chi connectivity index (χ1v) is 12.1. The van der Waals surface area contributed by atoms with Crippen molar-refractivity contribution in [3.63, 3.8) is 0 Å². The van der Waals surface area contributed by atoms with Gasteiger partial charge >= 0.3 is 0 Å². The number of phenolic OH excluding ortho intramolecular Hbond substituents is 2. The number of aromatic hydroxyl groups is 2. The zero-order chi connectivity index (χ0) is 26.3. The van der Waals surface area contributed by atoms with Gasteiger partial charge in [0.2, 0.25) is 0 Å². The van der Waals surface area contributed by atoms with Crippen LogP contribution in [-0.4, -0.2) is 10.2 Å². The van der Waals surface area contributed by atoms with E-state index in [2.05, 4.69) is 52.0 Å². The van der Waals surface area contributed by atoms with Crippen molar-refractivity contribution in [3.8, 4) is 45.6 Å². The lowest BCUT2D eigenvalue weighted by molar-refractivity contribution is 0.454. The molecule has 4 aromatic rings. The van der Waals surface area contributed by atoms with Gasteiger partial charge in [0.05, 0.1) is 0 Å². The molecule has 0 bridgehead atoms. The molecule has 0 radical (unpaired) electrons. The Morgan fingerprint density at radius 1 is 0.389 bits per heavy atom. The SMILES string of the molecule is Cc1cc(Oc2c(C)cc(-c3cc(C)c(Oc4cc(C)c(O)c(C)c4)c(C)c3)cc2C)cc(C)c1O. The van der Waals surface area contributed by atoms with Gasteiger partial charge in [-0.05, 0) is 160 Å². The van der Waals surface area contributed by atoms with Gasteiger partial charge in [0.1, 0.15) is 34.5 Å². The molecule has 0 spiro atoms. The minimum atomic E-state index is 0.306. The summed E-state index contributed by atoms with van der Waals surface area (Å²) >= 11 is 0. The second kappa shape index (κ2) is 9.62. The van der Waals surface area contributed by atoms with E-state index < -0.39 is 0 Å². The van der Waals surface area contributed by atoms with Crippen molar-refractivity contribution < 1.29 is 19.7 Å². The van der Waals surface area contributed by atoms with Gasteiger partial charge in [-0.15, -0.1) is 0 Å². The largest absolute Gasteiger partial charge is 0.507 e. The standard InChI is InChI=1S/C32H34O4/c1-17-13-27(14-18(2)29(17)33)35-31-21(5)9-25(10-22(31)6)26-11-23(7)32(24(8)12-26)36-28-15-19(3)30(34)20(4)16-28/h9-16,33-34H,1-8H3. The monoisotopic (exact) mass is 482 g/mol. The van der Waals surface area contributed by atoms with E-state index in [0.717, 1.165) is 78.6 Å². The number of rotatable bonds is 5. The van der Waals surface area contributed by atoms with E-state index in [-0.39, 0.29) is 0 Å². The molecular formula is C32H34O4. The van der Waals surface area contributed by atoms with Gasteiger partial charge in [0.25, 0.3) is 0 Å². The second-order valence-electron chi connectivity index (χ2n) is 9.89. The summed E-state index contributed by atoms with van der Waals surface area (Å²) in [6, 6.07) is 16.0. The lowest BCUT2D eigenvalue weighted by Crippen LogP contribution is -1.96. The summed E-state index contributed by atoms with van der Waals surface area (Å²) in [7, 11) is 0. The van der Waals surface area contributed by atoms with Crippen LogP contribution in [0.1, 0.15) is 44.5 Å². The molecule has 0 aromatic heterocycles. The Balaban J connectivity index is 1.65. The predicted molar refractivity (Wildman–Crippen MR) is 146 cm³/mol. The number of aryl methyl sites for hydroxylation is 8. The summed E-state index contributed by atoms with van der Waals surface area (Å²) in [4.78, 5) is 0. The first kappa shape index (κ1) is 25.2. The van der Waals surface area contributed by atoms with Gasteiger partial charge in [-0.25, -0.2) is 0 Å². The maximum absolute atomic E-state index is 10.1. The molecule has 0 saturated carbocycles. The molecule has 0 saturated heterocycles. The van der Waals surface area contributed by atoms with E-state index in [1.54, 1.807) is 0 Å². The number of hydrogen-bond acceptors (Lipinski definition) is 4. The fourth-order valence-corrected chi connectivity index (χ4v) is 4.74. The average molecular weight is 483 g/mol. The summed E-state index contributed by atoms with van der Waals surface area (Å²) in [5.41, 5.74) is 9.57. The van der Waals surface area contributed by atoms with Crippen molar-refractivity contribution in [2.75, 3.05) is 0 Å². The van der Waals surface area contributed by atoms with Crippen LogP contribution >= 0.6 is 0 Å². The summed E-state index contributed by atoms with van der Waals surface area (Å²) < 4.78 is 12.5. The van der Waals surface area contributed by atoms with Crippen molar-refractivity contribution in [3.05, 3.63) is 93.0 Å². The van der Waals surface area contributed by atoms with Crippen LogP contribution in [0.3, 0.4) is 0 Å². The highest BCUT2D eigenvalue weighted by molar-refractivity contribution is 5.71. The minimum absolute atomic E-state index is 0.306. The third kappa shape index (κ3) is 4.90. The Morgan fingerprint density at radius 2 is 0.639 bits per heavy atom. The highest BCUT2D eigenvalue weighted by Gasteiger charge is 2.14. The van der Waals surface area contributed by atoms with Crippen molar-refractivity contribution in [2.45, 2.75) is 55.4 Å². The van der Waals surface area contributed by atoms with E-state index >= 15 is 0 Å². The third-order valence-electron chi connectivity index (χ3n) is 6.62. The molecule has 0 aliphatic carbocycles. The van der Waals surface area contributed by atoms with Gasteiger partial charge in [-0.1, -0.05) is 0 Å². The molecule has 2 N–H and O–H groups in total. The molecule has 0 amide bonds. The zero-order valence-corrected chi connectivity index (χ0v) is 22.3. The highest BCUT2D eigenvalue weighted by Crippen LogP contribution is 2.39. The molecule has 0 aliphatic rings. The predicted octanol–water partition coefficient (Wildman–Crippen LogP) is 8.82. The van der Waals surface area contributed by atoms with Crippen LogP contribution in [0.2, 0.25) is 0 Å². The smallest absolute Gasteiger partial charge is 0.133 e. The summed E-state index contributed by atoms with van der Waals surface area (Å²) in [5, 5.41) is 20.2. The van der Waals surface area contributed by atoms with E-state index in [4.69, 9.17) is 9.47 Å². The maximum atomic E-state index is 10.1. The van der Waals surface area contributed by atoms with E-state index in [0.29, 0.717) is 11.5 Å². The fraction of sp³-hybridized carbons (Fsp3) is 0.250. The number of phenols is 2. The quantitative estimate of drug-likeness (QED) is 0.298. The fourth-order valence-electron chi connectivity index (χ4n) is 4.74. The molecule has 4 rings (SSSR count). The lowest BCUT2D eigenvalue weighted by atomic mass is 9.96. The molecule has 36 heavy (non-hydrogen) atoms. The zero-order valence-electron chi connectivity index (χ0n) is 22.3. The van der Waals surface area contributed by atoms with Crippen LogP contribution in [0.25, 0.3) is 11.1 Å². The minimum Gasteiger partial charge on any atom is -0.507 e. The second-order valence-corrected chi connectivity index (χ2v) is 9.89. The van der Waals surface area contributed by atoms with Crippen molar-refractivity contribution in [1.29, 1.82) is 0 Å². The molecule has 0 fully saturated rings. The molecule has 0 atom stereocenters. The maximum Gasteiger partial charge on any atom is 0.133 e. The van der Waals surface area contributed by atoms with Gasteiger partial charge in [-0.2, -0.15) is 0 Å². The van der Waals surface area contributed by atoms with Gasteiger partial charge in [-0.3, -0.25) is 0 Å². The van der Waals surface area contributed by atoms with Crippen molar-refractivity contribution in [1.82, 2.24) is 0 Å². The highest BCUT2D eigenvalue weighted by atomic mass is 16.5. The van der Waals surface area contributed by atoms with Crippen LogP contribution < -0.4 is 9.47 Å². The van der Waals surface area contributed by atoms with Crippen molar-refractivity contribution >= 4 is 0 Å². The number of hydrogen-bond donors (Lipinski definition) is 2. The molecular weight excluding hydrogens is 448 g/mol. The molecule has 0 heterocycles. The molecule has 4 aromatic carbocycles. The van der Waals surface area contributed by atoms with Gasteiger partial charge in [0, 0.05) is 0 Å². The summed E-state index contributed by atoms with van der Waals surface area (Å²) in [6.45, 7) is 15.7. The Hall–Kier alpha value is -3.92. The number of benzene rings is 4. The summed E-state index contributed by atoms with van der Waals surface area (Å²) in [5.74, 6) is 3.70. The van der Waals surface area contributed by atoms with E-state index in [1.165, 1.54) is 0 Å². The Morgan fingerprint density at radius 3 is 0.889 bits per heavy atom. The van der Waals surface area contributed by atoms with E-state index in [9.17, 15) is 10.2 Å². The topological polar surface area (TPSA) is 58.9 Å². The molecule has 4 nitrogen and oxygen atoms in total. The lowest BCUT2D eigenvalue weighted by Gasteiger charge is -2.18. The summed E-state index contributed by atoms with van der Waals surface area (Å²) in [6.07, 6.45) is 0. The Bertz CT molecular complexity index is 1270. The normalized spacial score (nSPS) is 11.0. The van der Waals surface area contributed by atoms with E-state index in [1.807, 2.05) is 52.0 Å². The van der Waals surface area contributed by atoms with Crippen LogP contribution in [0.5, 0.6) is 34.5 Å². The van der Waals surface area contributed by atoms with Crippen LogP contribution in [0.15, 0.2) is 48.5 Å². The van der Waals surface area contributed by atoms with Gasteiger partial charge < -0.3 is 19.7 Å². The average Bonchev–Trinajstić information content (AvgIpc) is 2.80. The van der Waals surface area contributed by atoms with Crippen molar-refractivity contribution in [2.24, 2.45) is 0 Å². The van der Waals surface area contributed by atoms with Crippen LogP contribution in [-0.2, 0) is 0 Å². The molecule has 0 unspecified atom stereocenters. The van der Waals surface area contributed by atoms with Gasteiger partial charge in [0.15, 0.2) is 0 Å². The number of ether oxygens (including phenoxy) is 2. The Kier molecular flexibility index (Phi) is 6.73. The Labute approximate surface area is 213 Å². The van der Waals surface area contributed by atoms with Crippen LogP contribution in [0, 0.1) is 55.4 Å². The molecule has 0 aliphatic heterocycles. The first-order valence-electron chi connectivity index (χ1n) is 12.1. The first-order chi connectivity index (χ1) is 16.9. The third-order valence-corrected chi connectivity index (χ3v) is 6.62. The molecule has 186 valence electrons.